The van der Waals surface area contributed by atoms with E-state index in [2.05, 4.69) is 9.88 Å². The van der Waals surface area contributed by atoms with Crippen LogP contribution >= 0.6 is 11.3 Å². The number of amides is 3. The summed E-state index contributed by atoms with van der Waals surface area (Å²) < 4.78 is 0. The zero-order valence-corrected chi connectivity index (χ0v) is 16.9. The van der Waals surface area contributed by atoms with Gasteiger partial charge >= 0.3 is 0 Å². The highest BCUT2D eigenvalue weighted by atomic mass is 32.1. The predicted octanol–water partition coefficient (Wildman–Crippen LogP) is 1.60. The van der Waals surface area contributed by atoms with Crippen LogP contribution in [0.25, 0.3) is 0 Å². The normalized spacial score (nSPS) is 30.2. The Kier molecular flexibility index (Phi) is 4.29. The summed E-state index contributed by atoms with van der Waals surface area (Å²) in [6, 6.07) is 0. The van der Waals surface area contributed by atoms with Crippen LogP contribution in [0, 0.1) is 16.7 Å². The van der Waals surface area contributed by atoms with Crippen LogP contribution in [0.4, 0.5) is 5.13 Å². The second-order valence-corrected chi connectivity index (χ2v) is 9.43. The number of aromatic nitrogens is 1. The lowest BCUT2D eigenvalue weighted by atomic mass is 9.62. The SMILES string of the molecule is CC12CCC(C(=O)N(CC(=O)N3CCN(c4nccs4)CC3)C1=O)C2(C)C. The minimum atomic E-state index is -0.560. The quantitative estimate of drug-likeness (QED) is 0.733. The smallest absolute Gasteiger partial charge is 0.242 e. The summed E-state index contributed by atoms with van der Waals surface area (Å²) in [4.78, 5) is 48.2. The van der Waals surface area contributed by atoms with Gasteiger partial charge in [0.1, 0.15) is 6.54 Å². The number of fused-ring (bicyclic) bond motifs is 2. The summed E-state index contributed by atoms with van der Waals surface area (Å²) in [5, 5.41) is 2.91. The van der Waals surface area contributed by atoms with Crippen molar-refractivity contribution in [2.45, 2.75) is 33.6 Å². The van der Waals surface area contributed by atoms with Crippen LogP contribution in [0.1, 0.15) is 33.6 Å². The molecule has 2 bridgehead atoms. The van der Waals surface area contributed by atoms with Gasteiger partial charge < -0.3 is 9.80 Å². The van der Waals surface area contributed by atoms with E-state index >= 15 is 0 Å². The molecule has 2 unspecified atom stereocenters. The van der Waals surface area contributed by atoms with E-state index in [1.54, 1.807) is 22.4 Å². The molecule has 0 aromatic carbocycles. The second-order valence-electron chi connectivity index (χ2n) is 8.56. The molecular weight excluding hydrogens is 364 g/mol. The van der Waals surface area contributed by atoms with E-state index in [9.17, 15) is 14.4 Å². The molecule has 1 saturated carbocycles. The third kappa shape index (κ3) is 2.68. The van der Waals surface area contributed by atoms with Gasteiger partial charge in [0.05, 0.1) is 5.41 Å². The molecule has 1 aliphatic carbocycles. The maximum atomic E-state index is 13.1. The number of nitrogens with zero attached hydrogens (tertiary/aromatic N) is 4. The van der Waals surface area contributed by atoms with Crippen molar-refractivity contribution in [1.82, 2.24) is 14.8 Å². The highest BCUT2D eigenvalue weighted by Crippen LogP contribution is 2.59. The molecule has 3 amide bonds. The fraction of sp³-hybridized carbons (Fsp3) is 0.684. The molecule has 3 heterocycles. The fourth-order valence-electron chi connectivity index (χ4n) is 4.81. The average molecular weight is 391 g/mol. The van der Waals surface area contributed by atoms with E-state index in [4.69, 9.17) is 0 Å². The molecule has 27 heavy (non-hydrogen) atoms. The predicted molar refractivity (Wildman–Crippen MR) is 102 cm³/mol. The van der Waals surface area contributed by atoms with E-state index in [-0.39, 0.29) is 35.6 Å². The summed E-state index contributed by atoms with van der Waals surface area (Å²) in [7, 11) is 0. The summed E-state index contributed by atoms with van der Waals surface area (Å²) in [6.45, 7) is 8.45. The first-order valence-corrected chi connectivity index (χ1v) is 10.4. The Morgan fingerprint density at radius 3 is 2.56 bits per heavy atom. The first-order chi connectivity index (χ1) is 12.8. The lowest BCUT2D eigenvalue weighted by molar-refractivity contribution is -0.170. The number of likely N-dealkylation sites (tertiary alicyclic amines) is 1. The monoisotopic (exact) mass is 390 g/mol. The fourth-order valence-corrected chi connectivity index (χ4v) is 5.50. The molecule has 0 N–H and O–H groups in total. The molecule has 1 aromatic heterocycles. The molecule has 7 nitrogen and oxygen atoms in total. The van der Waals surface area contributed by atoms with Crippen LogP contribution in [-0.2, 0) is 14.4 Å². The first kappa shape index (κ1) is 18.4. The first-order valence-electron chi connectivity index (χ1n) is 9.54. The number of rotatable bonds is 3. The minimum Gasteiger partial charge on any atom is -0.345 e. The van der Waals surface area contributed by atoms with Crippen molar-refractivity contribution in [3.8, 4) is 0 Å². The van der Waals surface area contributed by atoms with Crippen molar-refractivity contribution in [2.75, 3.05) is 37.6 Å². The van der Waals surface area contributed by atoms with Gasteiger partial charge in [-0.3, -0.25) is 19.3 Å². The van der Waals surface area contributed by atoms with E-state index < -0.39 is 5.41 Å². The molecule has 4 rings (SSSR count). The summed E-state index contributed by atoms with van der Waals surface area (Å²) in [5.74, 6) is -0.663. The van der Waals surface area contributed by atoms with Gasteiger partial charge in [0.2, 0.25) is 17.7 Å². The highest BCUT2D eigenvalue weighted by Gasteiger charge is 2.64. The average Bonchev–Trinajstić information content (AvgIpc) is 3.24. The van der Waals surface area contributed by atoms with Crippen molar-refractivity contribution in [1.29, 1.82) is 0 Å². The largest absolute Gasteiger partial charge is 0.345 e. The molecule has 0 spiro atoms. The molecule has 3 fully saturated rings. The minimum absolute atomic E-state index is 0.128. The van der Waals surface area contributed by atoms with E-state index in [1.807, 2.05) is 26.2 Å². The molecule has 146 valence electrons. The molecule has 8 heteroatoms. The standard InChI is InChI=1S/C19H26N4O3S/c1-18(2)13-4-5-19(18,3)16(26)23(15(13)25)12-14(24)21-7-9-22(10-8-21)17-20-6-11-27-17/h6,11,13H,4-5,7-10,12H2,1-3H3. The van der Waals surface area contributed by atoms with Gasteiger partial charge in [-0.1, -0.05) is 20.8 Å². The molecule has 0 radical (unpaired) electrons. The van der Waals surface area contributed by atoms with Gasteiger partial charge in [-0.15, -0.1) is 11.3 Å². The number of imide groups is 1. The molecule has 2 atom stereocenters. The van der Waals surface area contributed by atoms with Crippen molar-refractivity contribution < 1.29 is 14.4 Å². The van der Waals surface area contributed by atoms with Crippen LogP contribution in [-0.4, -0.2) is 65.2 Å². The second kappa shape index (κ2) is 6.29. The number of piperazine rings is 1. The summed E-state index contributed by atoms with van der Waals surface area (Å²) in [5.41, 5.74) is -0.907. The van der Waals surface area contributed by atoms with E-state index in [0.717, 1.165) is 11.6 Å². The van der Waals surface area contributed by atoms with Crippen molar-refractivity contribution in [3.63, 3.8) is 0 Å². The third-order valence-corrected chi connectivity index (χ3v) is 7.96. The van der Waals surface area contributed by atoms with Crippen LogP contribution < -0.4 is 4.90 Å². The van der Waals surface area contributed by atoms with Crippen molar-refractivity contribution in [3.05, 3.63) is 11.6 Å². The Balaban J connectivity index is 1.42. The van der Waals surface area contributed by atoms with Gasteiger partial charge in [-0.05, 0) is 18.3 Å². The number of hydrogen-bond donors (Lipinski definition) is 0. The lowest BCUT2D eigenvalue weighted by Crippen LogP contribution is -2.61. The number of anilines is 1. The topological polar surface area (TPSA) is 73.8 Å². The van der Waals surface area contributed by atoms with Crippen LogP contribution in [0.3, 0.4) is 0 Å². The summed E-state index contributed by atoms with van der Waals surface area (Å²) in [6.07, 6.45) is 3.22. The number of piperidine rings is 1. The number of carbonyl (C=O) groups is 3. The van der Waals surface area contributed by atoms with Gasteiger partial charge in [-0.2, -0.15) is 0 Å². The Labute approximate surface area is 163 Å². The van der Waals surface area contributed by atoms with Crippen molar-refractivity contribution >= 4 is 34.2 Å². The van der Waals surface area contributed by atoms with Gasteiger partial charge in [0.25, 0.3) is 0 Å². The van der Waals surface area contributed by atoms with Crippen LogP contribution in [0.2, 0.25) is 0 Å². The maximum Gasteiger partial charge on any atom is 0.242 e. The van der Waals surface area contributed by atoms with Gasteiger partial charge in [0, 0.05) is 43.7 Å². The third-order valence-electron chi connectivity index (χ3n) is 7.12. The van der Waals surface area contributed by atoms with E-state index in [1.165, 1.54) is 4.90 Å². The van der Waals surface area contributed by atoms with E-state index in [0.29, 0.717) is 32.6 Å². The van der Waals surface area contributed by atoms with Crippen LogP contribution in [0.5, 0.6) is 0 Å². The Hall–Kier alpha value is -1.96. The van der Waals surface area contributed by atoms with Crippen LogP contribution in [0.15, 0.2) is 11.6 Å². The lowest BCUT2D eigenvalue weighted by Gasteiger charge is -2.47. The molecule has 1 aromatic rings. The zero-order valence-electron chi connectivity index (χ0n) is 16.1. The molecule has 2 aliphatic heterocycles. The highest BCUT2D eigenvalue weighted by molar-refractivity contribution is 7.13. The molecular formula is C19H26N4O3S. The molecule has 3 aliphatic rings. The van der Waals surface area contributed by atoms with Gasteiger partial charge in [0.15, 0.2) is 5.13 Å². The zero-order chi connectivity index (χ0) is 19.4. The number of thiazole rings is 1. The Morgan fingerprint density at radius 1 is 1.22 bits per heavy atom. The Bertz CT molecular complexity index is 770. The number of hydrogen-bond acceptors (Lipinski definition) is 6. The maximum absolute atomic E-state index is 13.1. The number of carbonyl (C=O) groups excluding carboxylic acids is 3. The van der Waals surface area contributed by atoms with Crippen molar-refractivity contribution in [2.24, 2.45) is 16.7 Å². The summed E-state index contributed by atoms with van der Waals surface area (Å²) >= 11 is 1.59. The molecule has 2 saturated heterocycles. The van der Waals surface area contributed by atoms with Gasteiger partial charge in [-0.25, -0.2) is 4.98 Å². The Morgan fingerprint density at radius 2 is 1.93 bits per heavy atom.